The van der Waals surface area contributed by atoms with Gasteiger partial charge in [0.25, 0.3) is 0 Å². The molecule has 0 aliphatic carbocycles. The third-order valence-corrected chi connectivity index (χ3v) is 4.66. The zero-order chi connectivity index (χ0) is 14.8. The first-order valence-electron chi connectivity index (χ1n) is 6.84. The van der Waals surface area contributed by atoms with Crippen LogP contribution in [0.1, 0.15) is 44.3 Å². The number of rotatable bonds is 4. The number of anilines is 1. The molecule has 0 unspecified atom stereocenters. The Kier molecular flexibility index (Phi) is 4.62. The van der Waals surface area contributed by atoms with Crippen LogP contribution in [-0.2, 0) is 11.8 Å². The van der Waals surface area contributed by atoms with Crippen molar-refractivity contribution in [2.75, 3.05) is 5.73 Å². The zero-order valence-electron chi connectivity index (χ0n) is 12.2. The third-order valence-electron chi connectivity index (χ3n) is 3.49. The molecule has 0 radical (unpaired) electrons. The summed E-state index contributed by atoms with van der Waals surface area (Å²) in [6.07, 6.45) is 1.99. The molecule has 0 spiro atoms. The molecule has 20 heavy (non-hydrogen) atoms. The van der Waals surface area contributed by atoms with Gasteiger partial charge in [-0.2, -0.15) is 0 Å². The van der Waals surface area contributed by atoms with Crippen LogP contribution in [0.4, 0.5) is 5.82 Å². The number of halogens is 1. The smallest absolute Gasteiger partial charge is 0.141 e. The lowest BCUT2D eigenvalue weighted by atomic mass is 9.83. The van der Waals surface area contributed by atoms with Gasteiger partial charge in [0, 0.05) is 5.41 Å². The quantitative estimate of drug-likeness (QED) is 0.817. The summed E-state index contributed by atoms with van der Waals surface area (Å²) in [6.45, 7) is 6.43. The van der Waals surface area contributed by atoms with Gasteiger partial charge in [-0.3, -0.25) is 0 Å². The number of aromatic nitrogens is 2. The Morgan fingerprint density at radius 1 is 1.15 bits per heavy atom. The second-order valence-corrected chi connectivity index (χ2v) is 6.51. The van der Waals surface area contributed by atoms with E-state index in [9.17, 15) is 0 Å². The normalized spacial score (nSPS) is 11.6. The van der Waals surface area contributed by atoms with Crippen molar-refractivity contribution >= 4 is 28.4 Å². The van der Waals surface area contributed by atoms with Crippen molar-refractivity contribution in [1.82, 2.24) is 9.97 Å². The Morgan fingerprint density at radius 3 is 2.40 bits per heavy atom. The first kappa shape index (κ1) is 15.2. The average molecular weight is 381 g/mol. The van der Waals surface area contributed by atoms with E-state index in [1.54, 1.807) is 0 Å². The molecule has 4 heteroatoms. The van der Waals surface area contributed by atoms with Crippen LogP contribution in [0.5, 0.6) is 0 Å². The number of hydrogen-bond donors (Lipinski definition) is 1. The average Bonchev–Trinajstić information content (AvgIpc) is 2.44. The molecule has 0 amide bonds. The summed E-state index contributed by atoms with van der Waals surface area (Å²) in [6, 6.07) is 10.3. The minimum absolute atomic E-state index is 0.248. The SMILES string of the molecule is CCCc1nc(C(C)(C)c2ccccc2)nc(N)c1I. The Bertz CT molecular complexity index is 594. The number of nitrogen functional groups attached to an aromatic ring is 1. The molecule has 2 N–H and O–H groups in total. The van der Waals surface area contributed by atoms with Gasteiger partial charge in [-0.1, -0.05) is 43.7 Å². The third kappa shape index (κ3) is 2.95. The fraction of sp³-hybridized carbons (Fsp3) is 0.375. The molecule has 3 nitrogen and oxygen atoms in total. The fourth-order valence-electron chi connectivity index (χ4n) is 2.18. The van der Waals surface area contributed by atoms with Crippen LogP contribution in [0.25, 0.3) is 0 Å². The lowest BCUT2D eigenvalue weighted by Crippen LogP contribution is -2.24. The summed E-state index contributed by atoms with van der Waals surface area (Å²) in [5.41, 5.74) is 8.07. The van der Waals surface area contributed by atoms with E-state index >= 15 is 0 Å². The van der Waals surface area contributed by atoms with Gasteiger partial charge in [0.1, 0.15) is 11.6 Å². The molecule has 1 aromatic heterocycles. The molecule has 1 aromatic carbocycles. The van der Waals surface area contributed by atoms with E-state index in [4.69, 9.17) is 10.7 Å². The summed E-state index contributed by atoms with van der Waals surface area (Å²) in [4.78, 5) is 9.30. The fourth-order valence-corrected chi connectivity index (χ4v) is 2.69. The van der Waals surface area contributed by atoms with E-state index in [1.165, 1.54) is 5.56 Å². The molecule has 0 atom stereocenters. The molecule has 0 aliphatic heterocycles. The van der Waals surface area contributed by atoms with E-state index in [2.05, 4.69) is 60.5 Å². The lowest BCUT2D eigenvalue weighted by molar-refractivity contribution is 0.584. The van der Waals surface area contributed by atoms with Crippen molar-refractivity contribution in [1.29, 1.82) is 0 Å². The molecule has 0 bridgehead atoms. The van der Waals surface area contributed by atoms with Crippen LogP contribution in [0.2, 0.25) is 0 Å². The Labute approximate surface area is 134 Å². The monoisotopic (exact) mass is 381 g/mol. The van der Waals surface area contributed by atoms with Crippen molar-refractivity contribution in [2.45, 2.75) is 39.0 Å². The van der Waals surface area contributed by atoms with Gasteiger partial charge in [-0.15, -0.1) is 0 Å². The zero-order valence-corrected chi connectivity index (χ0v) is 14.3. The highest BCUT2D eigenvalue weighted by Crippen LogP contribution is 2.31. The van der Waals surface area contributed by atoms with Crippen LogP contribution >= 0.6 is 22.6 Å². The van der Waals surface area contributed by atoms with Gasteiger partial charge >= 0.3 is 0 Å². The van der Waals surface area contributed by atoms with Crippen molar-refractivity contribution in [2.24, 2.45) is 0 Å². The predicted molar refractivity (Wildman–Crippen MR) is 91.7 cm³/mol. The molecule has 0 saturated heterocycles. The first-order chi connectivity index (χ1) is 9.46. The van der Waals surface area contributed by atoms with Gasteiger partial charge in [0.05, 0.1) is 9.26 Å². The Hall–Kier alpha value is -1.17. The van der Waals surface area contributed by atoms with Gasteiger partial charge < -0.3 is 5.73 Å². The van der Waals surface area contributed by atoms with Crippen molar-refractivity contribution in [3.63, 3.8) is 0 Å². The van der Waals surface area contributed by atoms with Gasteiger partial charge in [-0.25, -0.2) is 9.97 Å². The molecule has 0 fully saturated rings. The maximum atomic E-state index is 6.07. The lowest BCUT2D eigenvalue weighted by Gasteiger charge is -2.25. The highest BCUT2D eigenvalue weighted by molar-refractivity contribution is 14.1. The van der Waals surface area contributed by atoms with E-state index in [-0.39, 0.29) is 5.41 Å². The van der Waals surface area contributed by atoms with Crippen molar-refractivity contribution in [3.05, 3.63) is 51.0 Å². The maximum absolute atomic E-state index is 6.07. The number of nitrogens with two attached hydrogens (primary N) is 1. The van der Waals surface area contributed by atoms with E-state index in [1.807, 2.05) is 18.2 Å². The highest BCUT2D eigenvalue weighted by atomic mass is 127. The molecule has 106 valence electrons. The van der Waals surface area contributed by atoms with E-state index in [0.717, 1.165) is 27.9 Å². The molecule has 0 saturated carbocycles. The predicted octanol–water partition coefficient (Wildman–Crippen LogP) is 3.94. The summed E-state index contributed by atoms with van der Waals surface area (Å²) in [5.74, 6) is 1.38. The summed E-state index contributed by atoms with van der Waals surface area (Å²) < 4.78 is 0.983. The largest absolute Gasteiger partial charge is 0.383 e. The Balaban J connectivity index is 2.52. The molecule has 1 heterocycles. The molecule has 0 aliphatic rings. The molecular formula is C16H20IN3. The van der Waals surface area contributed by atoms with E-state index in [0.29, 0.717) is 5.82 Å². The van der Waals surface area contributed by atoms with Crippen LogP contribution in [-0.4, -0.2) is 9.97 Å². The molecule has 2 aromatic rings. The second-order valence-electron chi connectivity index (χ2n) is 5.43. The van der Waals surface area contributed by atoms with Gasteiger partial charge in [0.2, 0.25) is 0 Å². The number of benzene rings is 1. The first-order valence-corrected chi connectivity index (χ1v) is 7.92. The van der Waals surface area contributed by atoms with Gasteiger partial charge in [-0.05, 0) is 48.4 Å². The number of aryl methyl sites for hydroxylation is 1. The van der Waals surface area contributed by atoms with Crippen LogP contribution in [0, 0.1) is 3.57 Å². The van der Waals surface area contributed by atoms with Crippen LogP contribution < -0.4 is 5.73 Å². The Morgan fingerprint density at radius 2 is 1.80 bits per heavy atom. The molecule has 2 rings (SSSR count). The van der Waals surface area contributed by atoms with Crippen LogP contribution in [0.3, 0.4) is 0 Å². The van der Waals surface area contributed by atoms with Crippen molar-refractivity contribution in [3.8, 4) is 0 Å². The topological polar surface area (TPSA) is 51.8 Å². The summed E-state index contributed by atoms with van der Waals surface area (Å²) >= 11 is 2.24. The second kappa shape index (κ2) is 6.08. The number of hydrogen-bond acceptors (Lipinski definition) is 3. The van der Waals surface area contributed by atoms with Crippen LogP contribution in [0.15, 0.2) is 30.3 Å². The minimum Gasteiger partial charge on any atom is -0.383 e. The standard InChI is InChI=1S/C16H20IN3/c1-4-8-12-13(17)14(18)20-15(19-12)16(2,3)11-9-6-5-7-10-11/h5-7,9-10H,4,8H2,1-3H3,(H2,18,19,20). The van der Waals surface area contributed by atoms with Crippen molar-refractivity contribution < 1.29 is 0 Å². The van der Waals surface area contributed by atoms with Gasteiger partial charge in [0.15, 0.2) is 0 Å². The van der Waals surface area contributed by atoms with E-state index < -0.39 is 0 Å². The maximum Gasteiger partial charge on any atom is 0.141 e. The summed E-state index contributed by atoms with van der Waals surface area (Å²) in [5, 5.41) is 0. The summed E-state index contributed by atoms with van der Waals surface area (Å²) in [7, 11) is 0. The molecular weight excluding hydrogens is 361 g/mol. The number of nitrogens with zero attached hydrogens (tertiary/aromatic N) is 2. The minimum atomic E-state index is -0.248. The highest BCUT2D eigenvalue weighted by Gasteiger charge is 2.27.